The van der Waals surface area contributed by atoms with E-state index in [0.29, 0.717) is 37.1 Å². The number of hydrogen-bond acceptors (Lipinski definition) is 7. The minimum Gasteiger partial charge on any atom is -0.381 e. The van der Waals surface area contributed by atoms with Crippen LogP contribution in [0.15, 0.2) is 66.6 Å². The number of anilines is 2. The summed E-state index contributed by atoms with van der Waals surface area (Å²) in [6, 6.07) is 0. The number of nitrogens with two attached hydrogens (primary N) is 1. The zero-order chi connectivity index (χ0) is 23.5. The lowest BCUT2D eigenvalue weighted by molar-refractivity contribution is 0.158. The lowest BCUT2D eigenvalue weighted by Crippen LogP contribution is -2.22. The summed E-state index contributed by atoms with van der Waals surface area (Å²) in [6.45, 7) is 14.1. The van der Waals surface area contributed by atoms with Gasteiger partial charge in [0, 0.05) is 49.6 Å². The molecule has 8 heteroatoms. The number of hydrogen-bond donors (Lipinski definition) is 2. The molecule has 2 aromatic heterocycles. The first-order valence-electron chi connectivity index (χ1n) is 10.9. The number of rotatable bonds is 8. The van der Waals surface area contributed by atoms with Gasteiger partial charge in [-0.1, -0.05) is 39.0 Å². The third kappa shape index (κ3) is 6.81. The summed E-state index contributed by atoms with van der Waals surface area (Å²) >= 11 is 0. The summed E-state index contributed by atoms with van der Waals surface area (Å²) in [7, 11) is 1.86. The second-order valence-electron chi connectivity index (χ2n) is 7.27. The van der Waals surface area contributed by atoms with Crippen LogP contribution in [0.1, 0.15) is 34.1 Å². The number of nitrogen functional groups attached to an aromatic ring is 1. The van der Waals surface area contributed by atoms with Crippen LogP contribution in [0.25, 0.3) is 11.3 Å². The molecule has 0 saturated carbocycles. The van der Waals surface area contributed by atoms with E-state index in [9.17, 15) is 0 Å². The first-order chi connectivity index (χ1) is 15.4. The van der Waals surface area contributed by atoms with Gasteiger partial charge in [-0.3, -0.25) is 4.68 Å². The van der Waals surface area contributed by atoms with Crippen LogP contribution in [0, 0.1) is 0 Å². The maximum atomic E-state index is 6.02. The molecular weight excluding hydrogens is 402 g/mol. The van der Waals surface area contributed by atoms with E-state index in [4.69, 9.17) is 10.5 Å². The predicted molar refractivity (Wildman–Crippen MR) is 132 cm³/mol. The largest absolute Gasteiger partial charge is 0.381 e. The van der Waals surface area contributed by atoms with Gasteiger partial charge in [-0.05, 0) is 25.5 Å². The van der Waals surface area contributed by atoms with Crippen LogP contribution in [-0.4, -0.2) is 44.4 Å². The van der Waals surface area contributed by atoms with Crippen LogP contribution in [-0.2, 0) is 11.8 Å². The maximum absolute atomic E-state index is 6.02. The quantitative estimate of drug-likeness (QED) is 0.628. The van der Waals surface area contributed by atoms with E-state index in [2.05, 4.69) is 40.8 Å². The van der Waals surface area contributed by atoms with Gasteiger partial charge in [0.05, 0.1) is 24.7 Å². The molecule has 0 saturated heterocycles. The average Bonchev–Trinajstić information content (AvgIpc) is 3.22. The van der Waals surface area contributed by atoms with Crippen molar-refractivity contribution in [1.82, 2.24) is 24.6 Å². The molecule has 0 aliphatic carbocycles. The highest BCUT2D eigenvalue weighted by Crippen LogP contribution is 2.23. The average molecular weight is 438 g/mol. The fourth-order valence-corrected chi connectivity index (χ4v) is 2.85. The first-order valence-corrected chi connectivity index (χ1v) is 10.9. The highest BCUT2D eigenvalue weighted by molar-refractivity contribution is 5.64. The molecule has 0 radical (unpaired) electrons. The van der Waals surface area contributed by atoms with Crippen LogP contribution in [0.2, 0.25) is 0 Å². The summed E-state index contributed by atoms with van der Waals surface area (Å²) in [4.78, 5) is 10.9. The molecule has 0 bridgehead atoms. The van der Waals surface area contributed by atoms with Gasteiger partial charge in [-0.2, -0.15) is 5.10 Å². The van der Waals surface area contributed by atoms with Crippen molar-refractivity contribution in [1.29, 1.82) is 0 Å². The van der Waals surface area contributed by atoms with Gasteiger partial charge < -0.3 is 20.7 Å². The maximum Gasteiger partial charge on any atom is 0.169 e. The molecule has 172 valence electrons. The Labute approximate surface area is 191 Å². The van der Waals surface area contributed by atoms with Crippen molar-refractivity contribution in [2.45, 2.75) is 34.1 Å². The Balaban J connectivity index is 0.00000114. The smallest absolute Gasteiger partial charge is 0.169 e. The van der Waals surface area contributed by atoms with Gasteiger partial charge in [0.1, 0.15) is 0 Å². The number of aryl methyl sites for hydroxylation is 1. The van der Waals surface area contributed by atoms with Gasteiger partial charge >= 0.3 is 0 Å². The molecular formula is C24H35N7O. The standard InChI is InChI=1S/C21H27N7O.C3H8/c1-5-18(14-29-6-2)28-12-16(8-7-15(28)3)9-24-21-20(22)23-11-19(26-21)17-10-25-27(4)13-17;1-3-2/h5,7-8,10-13H,3,6,9,14H2,1-2,4H3,(H2,22,23)(H,24,26);3H2,1-2H3/b18-5-;. The van der Waals surface area contributed by atoms with E-state index in [0.717, 1.165) is 22.5 Å². The Bertz CT molecular complexity index is 988. The Morgan fingerprint density at radius 2 is 2.00 bits per heavy atom. The summed E-state index contributed by atoms with van der Waals surface area (Å²) in [6.07, 6.45) is 14.6. The van der Waals surface area contributed by atoms with Gasteiger partial charge in [0.25, 0.3) is 0 Å². The minimum absolute atomic E-state index is 0.352. The summed E-state index contributed by atoms with van der Waals surface area (Å²) < 4.78 is 7.29. The summed E-state index contributed by atoms with van der Waals surface area (Å²) in [5, 5.41) is 7.46. The van der Waals surface area contributed by atoms with Crippen molar-refractivity contribution >= 4 is 11.6 Å². The molecule has 3 heterocycles. The third-order valence-electron chi connectivity index (χ3n) is 4.45. The van der Waals surface area contributed by atoms with Crippen molar-refractivity contribution in [2.24, 2.45) is 7.05 Å². The van der Waals surface area contributed by atoms with Crippen LogP contribution >= 0.6 is 0 Å². The Hall–Kier alpha value is -3.39. The van der Waals surface area contributed by atoms with Crippen LogP contribution in [0.4, 0.5) is 11.6 Å². The number of aromatic nitrogens is 4. The minimum atomic E-state index is 0.352. The SMILES string of the molecule is C=C1C=CC(CNc2nc(-c3cnn(C)c3)cnc2N)=CN1/C(=C\C)COCC.CCC. The second-order valence-corrected chi connectivity index (χ2v) is 7.27. The lowest BCUT2D eigenvalue weighted by atomic mass is 10.1. The topological polar surface area (TPSA) is 94.1 Å². The zero-order valence-electron chi connectivity index (χ0n) is 19.8. The molecule has 1 aliphatic heterocycles. The van der Waals surface area contributed by atoms with E-state index in [1.54, 1.807) is 17.1 Å². The van der Waals surface area contributed by atoms with Gasteiger partial charge in [0.2, 0.25) is 0 Å². The normalized spacial score (nSPS) is 13.5. The van der Waals surface area contributed by atoms with Crippen LogP contribution in [0.5, 0.6) is 0 Å². The van der Waals surface area contributed by atoms with Crippen LogP contribution < -0.4 is 11.1 Å². The monoisotopic (exact) mass is 437 g/mol. The van der Waals surface area contributed by atoms with Crippen molar-refractivity contribution in [2.75, 3.05) is 30.8 Å². The highest BCUT2D eigenvalue weighted by Gasteiger charge is 2.14. The van der Waals surface area contributed by atoms with Gasteiger partial charge in [0.15, 0.2) is 11.6 Å². The molecule has 1 aliphatic rings. The Morgan fingerprint density at radius 3 is 2.62 bits per heavy atom. The number of ether oxygens (including phenoxy) is 1. The Morgan fingerprint density at radius 1 is 1.25 bits per heavy atom. The molecule has 0 fully saturated rings. The molecule has 32 heavy (non-hydrogen) atoms. The molecule has 3 rings (SSSR count). The lowest BCUT2D eigenvalue weighted by Gasteiger charge is -2.28. The van der Waals surface area contributed by atoms with Crippen molar-refractivity contribution in [3.8, 4) is 11.3 Å². The van der Waals surface area contributed by atoms with E-state index in [1.165, 1.54) is 6.42 Å². The second kappa shape index (κ2) is 12.5. The van der Waals surface area contributed by atoms with Crippen LogP contribution in [0.3, 0.4) is 0 Å². The molecule has 0 unspecified atom stereocenters. The first kappa shape index (κ1) is 24.9. The van der Waals surface area contributed by atoms with E-state index in [1.807, 2.05) is 56.4 Å². The highest BCUT2D eigenvalue weighted by atomic mass is 16.5. The number of nitrogens with zero attached hydrogens (tertiary/aromatic N) is 5. The zero-order valence-corrected chi connectivity index (χ0v) is 19.8. The van der Waals surface area contributed by atoms with Gasteiger partial charge in [-0.15, -0.1) is 0 Å². The fraction of sp³-hybridized carbons (Fsp3) is 0.375. The van der Waals surface area contributed by atoms with E-state index < -0.39 is 0 Å². The van der Waals surface area contributed by atoms with Gasteiger partial charge in [-0.25, -0.2) is 9.97 Å². The van der Waals surface area contributed by atoms with Crippen molar-refractivity contribution in [3.63, 3.8) is 0 Å². The number of allylic oxidation sites excluding steroid dienone is 2. The molecule has 3 N–H and O–H groups in total. The van der Waals surface area contributed by atoms with Crippen molar-refractivity contribution in [3.05, 3.63) is 66.6 Å². The third-order valence-corrected chi connectivity index (χ3v) is 4.45. The fourth-order valence-electron chi connectivity index (χ4n) is 2.85. The predicted octanol–water partition coefficient (Wildman–Crippen LogP) is 4.50. The summed E-state index contributed by atoms with van der Waals surface area (Å²) in [5.74, 6) is 0.891. The molecule has 0 amide bonds. The molecule has 0 spiro atoms. The Kier molecular flexibility index (Phi) is 9.69. The number of nitrogens with one attached hydrogen (secondary N) is 1. The molecule has 2 aromatic rings. The molecule has 0 atom stereocenters. The van der Waals surface area contributed by atoms with E-state index >= 15 is 0 Å². The molecule has 0 aromatic carbocycles. The van der Waals surface area contributed by atoms with Crippen molar-refractivity contribution < 1.29 is 4.74 Å². The van der Waals surface area contributed by atoms with E-state index in [-0.39, 0.29) is 0 Å². The summed E-state index contributed by atoms with van der Waals surface area (Å²) in [5.41, 5.74) is 10.6. The molecule has 8 nitrogen and oxygen atoms in total.